The molecule has 1 aliphatic heterocycles. The molecule has 5 nitrogen and oxygen atoms in total. The fourth-order valence-electron chi connectivity index (χ4n) is 4.39. The maximum absolute atomic E-state index is 14.7. The number of carbonyl (C=O) groups is 2. The number of hydrogen-bond donors (Lipinski definition) is 2. The fourth-order valence-corrected chi connectivity index (χ4v) is 4.39. The van der Waals surface area contributed by atoms with Crippen LogP contribution in [0.4, 0.5) is 15.8 Å². The third kappa shape index (κ3) is 5.12. The molecule has 1 atom stereocenters. The Bertz CT molecular complexity index is 1180. The average Bonchev–Trinajstić information content (AvgIpc) is 3.24. The number of rotatable bonds is 7. The minimum atomic E-state index is -0.709. The lowest BCUT2D eigenvalue weighted by atomic mass is 9.90. The highest BCUT2D eigenvalue weighted by Crippen LogP contribution is 2.29. The van der Waals surface area contributed by atoms with E-state index in [0.717, 1.165) is 28.8 Å². The molecule has 170 valence electrons. The first-order chi connectivity index (χ1) is 16.0. The van der Waals surface area contributed by atoms with Crippen LogP contribution in [0, 0.1) is 12.7 Å². The molecule has 2 amide bonds. The number of hydrogen-bond acceptors (Lipinski definition) is 3. The summed E-state index contributed by atoms with van der Waals surface area (Å²) in [6, 6.07) is 19.6. The van der Waals surface area contributed by atoms with Crippen molar-refractivity contribution in [3.05, 3.63) is 94.8 Å². The van der Waals surface area contributed by atoms with Crippen molar-refractivity contribution in [2.45, 2.75) is 38.6 Å². The zero-order chi connectivity index (χ0) is 23.4. The van der Waals surface area contributed by atoms with Crippen LogP contribution in [0.15, 0.2) is 66.7 Å². The molecule has 3 N–H and O–H groups in total. The van der Waals surface area contributed by atoms with Crippen molar-refractivity contribution in [2.24, 2.45) is 5.73 Å². The van der Waals surface area contributed by atoms with Crippen LogP contribution in [0.1, 0.15) is 41.0 Å². The van der Waals surface area contributed by atoms with Crippen LogP contribution in [-0.4, -0.2) is 18.4 Å². The molecule has 0 bridgehead atoms. The van der Waals surface area contributed by atoms with Crippen molar-refractivity contribution < 1.29 is 14.0 Å². The van der Waals surface area contributed by atoms with Gasteiger partial charge in [0.2, 0.25) is 11.8 Å². The molecule has 1 saturated heterocycles. The summed E-state index contributed by atoms with van der Waals surface area (Å²) in [5, 5.41) is 2.95. The van der Waals surface area contributed by atoms with Crippen molar-refractivity contribution in [3.63, 3.8) is 0 Å². The van der Waals surface area contributed by atoms with E-state index >= 15 is 0 Å². The van der Waals surface area contributed by atoms with Crippen LogP contribution in [0.5, 0.6) is 0 Å². The van der Waals surface area contributed by atoms with Crippen molar-refractivity contribution in [2.75, 3.05) is 16.8 Å². The lowest BCUT2D eigenvalue weighted by molar-refractivity contribution is -0.118. The van der Waals surface area contributed by atoms with E-state index in [1.165, 1.54) is 6.07 Å². The molecule has 0 radical (unpaired) electrons. The largest absolute Gasteiger partial charge is 0.326 e. The normalized spacial score (nSPS) is 14.4. The van der Waals surface area contributed by atoms with Crippen LogP contribution in [0.2, 0.25) is 0 Å². The molecule has 4 rings (SSSR count). The minimum absolute atomic E-state index is 0.120. The molecule has 1 fully saturated rings. The SMILES string of the molecule is Cc1cc(NC(=O)C(Cc2cccc(CN)c2)c2ccccc2F)ccc1N1CCCC1=O. The topological polar surface area (TPSA) is 75.4 Å². The molecule has 1 aliphatic rings. The van der Waals surface area contributed by atoms with Gasteiger partial charge in [0.05, 0.1) is 5.92 Å². The Morgan fingerprint density at radius 3 is 2.58 bits per heavy atom. The Morgan fingerprint density at radius 1 is 1.09 bits per heavy atom. The molecule has 3 aromatic carbocycles. The first-order valence-corrected chi connectivity index (χ1v) is 11.2. The molecule has 33 heavy (non-hydrogen) atoms. The molecule has 1 heterocycles. The zero-order valence-corrected chi connectivity index (χ0v) is 18.7. The Balaban J connectivity index is 1.59. The van der Waals surface area contributed by atoms with E-state index in [-0.39, 0.29) is 11.8 Å². The highest BCUT2D eigenvalue weighted by atomic mass is 19.1. The van der Waals surface area contributed by atoms with Crippen molar-refractivity contribution >= 4 is 23.2 Å². The molecule has 1 unspecified atom stereocenters. The van der Waals surface area contributed by atoms with E-state index in [1.807, 2.05) is 43.3 Å². The maximum atomic E-state index is 14.7. The van der Waals surface area contributed by atoms with Gasteiger partial charge in [0.25, 0.3) is 0 Å². The third-order valence-corrected chi connectivity index (χ3v) is 6.09. The molecule has 0 spiro atoms. The zero-order valence-electron chi connectivity index (χ0n) is 18.7. The monoisotopic (exact) mass is 445 g/mol. The van der Waals surface area contributed by atoms with Gasteiger partial charge in [0, 0.05) is 36.4 Å². The number of anilines is 2. The summed E-state index contributed by atoms with van der Waals surface area (Å²) >= 11 is 0. The third-order valence-electron chi connectivity index (χ3n) is 6.09. The number of aryl methyl sites for hydroxylation is 1. The van der Waals surface area contributed by atoms with Gasteiger partial charge >= 0.3 is 0 Å². The van der Waals surface area contributed by atoms with Gasteiger partial charge in [-0.3, -0.25) is 9.59 Å². The number of nitrogens with one attached hydrogen (secondary N) is 1. The predicted octanol–water partition coefficient (Wildman–Crippen LogP) is 4.68. The average molecular weight is 446 g/mol. The Kier molecular flexibility index (Phi) is 6.84. The number of halogens is 1. The predicted molar refractivity (Wildman–Crippen MR) is 129 cm³/mol. The summed E-state index contributed by atoms with van der Waals surface area (Å²) in [6.07, 6.45) is 1.76. The molecular weight excluding hydrogens is 417 g/mol. The Morgan fingerprint density at radius 2 is 1.88 bits per heavy atom. The number of benzene rings is 3. The number of nitrogens with zero attached hydrogens (tertiary/aromatic N) is 1. The highest BCUT2D eigenvalue weighted by molar-refractivity contribution is 5.98. The van der Waals surface area contributed by atoms with Gasteiger partial charge in [-0.2, -0.15) is 0 Å². The van der Waals surface area contributed by atoms with Gasteiger partial charge in [-0.25, -0.2) is 4.39 Å². The lowest BCUT2D eigenvalue weighted by Crippen LogP contribution is -2.25. The van der Waals surface area contributed by atoms with Crippen LogP contribution < -0.4 is 16.0 Å². The summed E-state index contributed by atoms with van der Waals surface area (Å²) in [5.74, 6) is -1.29. The van der Waals surface area contributed by atoms with E-state index < -0.39 is 11.7 Å². The van der Waals surface area contributed by atoms with Crippen LogP contribution in [0.25, 0.3) is 0 Å². The quantitative estimate of drug-likeness (QED) is 0.554. The molecule has 6 heteroatoms. The number of amides is 2. The lowest BCUT2D eigenvalue weighted by Gasteiger charge is -2.21. The van der Waals surface area contributed by atoms with Gasteiger partial charge in [0.1, 0.15) is 5.82 Å². The van der Waals surface area contributed by atoms with Crippen molar-refractivity contribution in [1.82, 2.24) is 0 Å². The maximum Gasteiger partial charge on any atom is 0.232 e. The van der Waals surface area contributed by atoms with Crippen LogP contribution in [-0.2, 0) is 22.6 Å². The molecule has 3 aromatic rings. The summed E-state index contributed by atoms with van der Waals surface area (Å²) in [6.45, 7) is 3.03. The van der Waals surface area contributed by atoms with Crippen LogP contribution in [0.3, 0.4) is 0 Å². The van der Waals surface area contributed by atoms with E-state index in [1.54, 1.807) is 29.2 Å². The smallest absolute Gasteiger partial charge is 0.232 e. The van der Waals surface area contributed by atoms with Crippen LogP contribution >= 0.6 is 0 Å². The minimum Gasteiger partial charge on any atom is -0.326 e. The number of nitrogens with two attached hydrogens (primary N) is 1. The van der Waals surface area contributed by atoms with E-state index in [9.17, 15) is 14.0 Å². The van der Waals surface area contributed by atoms with Crippen molar-refractivity contribution in [3.8, 4) is 0 Å². The first-order valence-electron chi connectivity index (χ1n) is 11.2. The van der Waals surface area contributed by atoms with E-state index in [2.05, 4.69) is 5.32 Å². The Hall–Kier alpha value is -3.51. The molecule has 0 aliphatic carbocycles. The second-order valence-electron chi connectivity index (χ2n) is 8.44. The fraction of sp³-hybridized carbons (Fsp3) is 0.259. The van der Waals surface area contributed by atoms with E-state index in [4.69, 9.17) is 5.73 Å². The van der Waals surface area contributed by atoms with Gasteiger partial charge in [-0.1, -0.05) is 42.5 Å². The second kappa shape index (κ2) is 9.96. The molecular formula is C27H28FN3O2. The van der Waals surface area contributed by atoms with Gasteiger partial charge in [-0.15, -0.1) is 0 Å². The molecule has 0 saturated carbocycles. The summed E-state index contributed by atoms with van der Waals surface area (Å²) in [7, 11) is 0. The standard InChI is InChI=1S/C27H28FN3O2/c1-18-14-21(11-12-25(18)31-13-5-10-26(31)32)30-27(33)23(22-8-2-3-9-24(22)28)16-19-6-4-7-20(15-19)17-29/h2-4,6-9,11-12,14-15,23H,5,10,13,16-17,29H2,1H3,(H,30,33). The first kappa shape index (κ1) is 22.7. The summed E-state index contributed by atoms with van der Waals surface area (Å²) < 4.78 is 14.7. The summed E-state index contributed by atoms with van der Waals surface area (Å²) in [4.78, 5) is 27.2. The number of carbonyl (C=O) groups excluding carboxylic acids is 2. The summed E-state index contributed by atoms with van der Waals surface area (Å²) in [5.41, 5.74) is 10.4. The Labute approximate surface area is 193 Å². The van der Waals surface area contributed by atoms with Gasteiger partial charge in [-0.05, 0) is 60.7 Å². The second-order valence-corrected chi connectivity index (χ2v) is 8.44. The van der Waals surface area contributed by atoms with Gasteiger partial charge < -0.3 is 16.0 Å². The molecule has 0 aromatic heterocycles. The van der Waals surface area contributed by atoms with Gasteiger partial charge in [0.15, 0.2) is 0 Å². The van der Waals surface area contributed by atoms with Crippen molar-refractivity contribution in [1.29, 1.82) is 0 Å². The van der Waals surface area contributed by atoms with E-state index in [0.29, 0.717) is 37.2 Å². The highest BCUT2D eigenvalue weighted by Gasteiger charge is 2.26.